The van der Waals surface area contributed by atoms with E-state index in [-0.39, 0.29) is 19.4 Å². The zero-order valence-electron chi connectivity index (χ0n) is 12.2. The minimum atomic E-state index is -1.03. The summed E-state index contributed by atoms with van der Waals surface area (Å²) in [6.07, 6.45) is 2.20. The number of hydroxylamine groups is 2. The molecule has 2 amide bonds. The van der Waals surface area contributed by atoms with E-state index < -0.39 is 18.0 Å². The quantitative estimate of drug-likeness (QED) is 0.279. The van der Waals surface area contributed by atoms with Gasteiger partial charge in [-0.25, -0.2) is 4.79 Å². The van der Waals surface area contributed by atoms with Crippen LogP contribution in [0.5, 0.6) is 0 Å². The minimum absolute atomic E-state index is 0.0683. The average molecular weight is 323 g/mol. The molecule has 1 saturated heterocycles. The van der Waals surface area contributed by atoms with Crippen molar-refractivity contribution < 1.29 is 25.3 Å². The number of amides is 2. The van der Waals surface area contributed by atoms with Gasteiger partial charge in [0, 0.05) is 25.7 Å². The molecule has 1 aliphatic heterocycles. The van der Waals surface area contributed by atoms with Crippen LogP contribution in [0.1, 0.15) is 40.4 Å². The van der Waals surface area contributed by atoms with Crippen molar-refractivity contribution in [2.75, 3.05) is 18.1 Å². The molecule has 0 aromatic heterocycles. The maximum absolute atomic E-state index is 11.3. The molecule has 0 unspecified atom stereocenters. The second kappa shape index (κ2) is 9.93. The number of carbonyl (C=O) groups excluding carboxylic acids is 3. The van der Waals surface area contributed by atoms with E-state index in [0.717, 1.165) is 25.0 Å². The fourth-order valence-electron chi connectivity index (χ4n) is 1.37. The van der Waals surface area contributed by atoms with Crippen molar-refractivity contribution in [3.63, 3.8) is 0 Å². The predicted octanol–water partition coefficient (Wildman–Crippen LogP) is 2.78. The largest absolute Gasteiger partial charge is 0.533 e. The molecule has 6 nitrogen and oxygen atoms in total. The summed E-state index contributed by atoms with van der Waals surface area (Å²) in [7, 11) is 3.28. The van der Waals surface area contributed by atoms with Crippen LogP contribution < -0.4 is 0 Å². The molecule has 8 heteroatoms. The van der Waals surface area contributed by atoms with Gasteiger partial charge < -0.3 is 4.74 Å². The van der Waals surface area contributed by atoms with Crippen molar-refractivity contribution in [1.82, 2.24) is 5.06 Å². The fraction of sp³-hybridized carbons (Fsp3) is 0.750. The van der Waals surface area contributed by atoms with Crippen LogP contribution in [0.3, 0.4) is 0 Å². The van der Waals surface area contributed by atoms with Crippen LogP contribution in [-0.4, -0.2) is 41.1 Å². The van der Waals surface area contributed by atoms with Gasteiger partial charge in [0.15, 0.2) is 0 Å². The highest BCUT2D eigenvalue weighted by atomic mass is 33.1. The molecule has 1 rings (SSSR count). The smallest absolute Gasteiger partial charge is 0.432 e. The number of unbranched alkanes of at least 4 members (excludes halogenated alkanes) is 2. The third-order valence-electron chi connectivity index (χ3n) is 2.37. The molecule has 0 bridgehead atoms. The predicted molar refractivity (Wildman–Crippen MR) is 78.0 cm³/mol. The Bertz CT molecular complexity index is 354. The van der Waals surface area contributed by atoms with Crippen LogP contribution in [0, 0.1) is 0 Å². The number of hydrogen-bond donors (Lipinski definition) is 0. The first-order valence-electron chi connectivity index (χ1n) is 7.10. The lowest BCUT2D eigenvalue weighted by atomic mass is 10.3. The zero-order chi connectivity index (χ0) is 15.5. The van der Waals surface area contributed by atoms with Crippen LogP contribution in [0.15, 0.2) is 0 Å². The molecule has 1 fully saturated rings. The summed E-state index contributed by atoms with van der Waals surface area (Å²) in [5.41, 5.74) is 0. The Morgan fingerprint density at radius 1 is 1.25 bits per heavy atom. The van der Waals surface area contributed by atoms with Gasteiger partial charge in [0.2, 0.25) is 0 Å². The molecule has 0 aromatic carbocycles. The molecule has 1 aliphatic rings. The summed E-state index contributed by atoms with van der Waals surface area (Å²) < 4.78 is 11.8. The van der Waals surface area contributed by atoms with E-state index in [0.29, 0.717) is 17.7 Å². The van der Waals surface area contributed by atoms with Crippen molar-refractivity contribution in [3.8, 4) is 0 Å². The van der Waals surface area contributed by atoms with Crippen LogP contribution >= 0.6 is 21.6 Å². The Balaban J connectivity index is 1.96. The maximum Gasteiger partial charge on any atom is 0.533 e. The Morgan fingerprint density at radius 3 is 2.65 bits per heavy atom. The van der Waals surface area contributed by atoms with Crippen LogP contribution in [0.2, 0.25) is 0 Å². The van der Waals surface area contributed by atoms with Gasteiger partial charge >= 0.3 is 6.16 Å². The first-order valence-corrected chi connectivity index (χ1v) is 8.88. The molecule has 1 heterocycles. The standard InChI is InChI=1S/C12H19NO5S2/c1-2-3-4-8-19-20-9-7-17-12(16)18-13-10(14)5-6-11(13)15/h2-9H2,1H3/i1T. The molecule has 0 saturated carbocycles. The SMILES string of the molecule is [3H]CCCCCSSCCOC(=O)ON1C(=O)CCC1=O. The van der Waals surface area contributed by atoms with Gasteiger partial charge in [-0.3, -0.25) is 14.4 Å². The lowest BCUT2D eigenvalue weighted by Gasteiger charge is -2.12. The van der Waals surface area contributed by atoms with Gasteiger partial charge in [-0.2, -0.15) is 0 Å². The highest BCUT2D eigenvalue weighted by molar-refractivity contribution is 8.76. The first kappa shape index (κ1) is 15.5. The van der Waals surface area contributed by atoms with E-state index in [2.05, 4.69) is 4.84 Å². The van der Waals surface area contributed by atoms with E-state index in [4.69, 9.17) is 6.11 Å². The number of ether oxygens (including phenoxy) is 1. The molecule has 0 spiro atoms. The third-order valence-corrected chi connectivity index (χ3v) is 4.82. The van der Waals surface area contributed by atoms with Crippen LogP contribution in [0.4, 0.5) is 4.79 Å². The minimum Gasteiger partial charge on any atom is -0.432 e. The Hall–Kier alpha value is -0.890. The summed E-state index contributed by atoms with van der Waals surface area (Å²) in [4.78, 5) is 38.2. The Morgan fingerprint density at radius 2 is 1.95 bits per heavy atom. The summed E-state index contributed by atoms with van der Waals surface area (Å²) in [6, 6.07) is 0. The summed E-state index contributed by atoms with van der Waals surface area (Å²) in [5.74, 6) is 0.579. The summed E-state index contributed by atoms with van der Waals surface area (Å²) in [6.45, 7) is 0.648. The molecule has 0 radical (unpaired) electrons. The Kier molecular flexibility index (Phi) is 7.69. The third kappa shape index (κ3) is 6.51. The van der Waals surface area contributed by atoms with E-state index in [9.17, 15) is 14.4 Å². The number of imide groups is 1. The van der Waals surface area contributed by atoms with Crippen molar-refractivity contribution in [1.29, 1.82) is 0 Å². The highest BCUT2D eigenvalue weighted by Crippen LogP contribution is 2.22. The maximum atomic E-state index is 11.3. The zero-order valence-corrected chi connectivity index (χ0v) is 12.8. The van der Waals surface area contributed by atoms with Gasteiger partial charge in [0.25, 0.3) is 11.8 Å². The van der Waals surface area contributed by atoms with E-state index >= 15 is 0 Å². The Labute approximate surface area is 127 Å². The van der Waals surface area contributed by atoms with Gasteiger partial charge in [-0.05, 0) is 6.42 Å². The van der Waals surface area contributed by atoms with Gasteiger partial charge in [0.05, 0.1) is 0 Å². The first-order chi connectivity index (χ1) is 10.1. The normalized spacial score (nSPS) is 15.4. The van der Waals surface area contributed by atoms with Crippen molar-refractivity contribution in [2.45, 2.75) is 39.0 Å². The molecule has 0 aromatic rings. The number of carbonyl (C=O) groups is 3. The lowest BCUT2D eigenvalue weighted by molar-refractivity contribution is -0.176. The summed E-state index contributed by atoms with van der Waals surface area (Å²) in [5, 5.41) is 0.469. The molecular formula is C12H19NO5S2. The van der Waals surface area contributed by atoms with Crippen molar-refractivity contribution >= 4 is 39.6 Å². The second-order valence-corrected chi connectivity index (χ2v) is 6.68. The average Bonchev–Trinajstić information content (AvgIpc) is 2.77. The van der Waals surface area contributed by atoms with Crippen molar-refractivity contribution in [2.24, 2.45) is 0 Å². The van der Waals surface area contributed by atoms with Crippen LogP contribution in [-0.2, 0) is 19.2 Å². The number of nitrogens with zero attached hydrogens (tertiary/aromatic N) is 1. The van der Waals surface area contributed by atoms with Gasteiger partial charge in [0.1, 0.15) is 6.61 Å². The number of hydrogen-bond acceptors (Lipinski definition) is 7. The lowest BCUT2D eigenvalue weighted by Crippen LogP contribution is -2.32. The second-order valence-electron chi connectivity index (χ2n) is 3.98. The van der Waals surface area contributed by atoms with E-state index in [1.807, 2.05) is 0 Å². The van der Waals surface area contributed by atoms with E-state index in [1.54, 1.807) is 21.6 Å². The topological polar surface area (TPSA) is 72.9 Å². The van der Waals surface area contributed by atoms with Crippen molar-refractivity contribution in [3.05, 3.63) is 0 Å². The van der Waals surface area contributed by atoms with E-state index in [1.165, 1.54) is 0 Å². The molecule has 0 aliphatic carbocycles. The van der Waals surface area contributed by atoms with Crippen LogP contribution in [0.25, 0.3) is 0 Å². The molecule has 0 atom stereocenters. The van der Waals surface area contributed by atoms with Gasteiger partial charge in [-0.1, -0.05) is 46.4 Å². The van der Waals surface area contributed by atoms with Gasteiger partial charge in [-0.15, -0.1) is 0 Å². The molecule has 114 valence electrons. The molecule has 20 heavy (non-hydrogen) atoms. The molecule has 0 N–H and O–H groups in total. The fourth-order valence-corrected chi connectivity index (χ4v) is 3.35. The highest BCUT2D eigenvalue weighted by Gasteiger charge is 2.33. The molecular weight excluding hydrogens is 302 g/mol. The number of rotatable bonds is 9. The summed E-state index contributed by atoms with van der Waals surface area (Å²) >= 11 is 0. The monoisotopic (exact) mass is 323 g/mol.